The quantitative estimate of drug-likeness (QED) is 0.908. The molecule has 2 aromatic rings. The van der Waals surface area contributed by atoms with E-state index in [-0.39, 0.29) is 0 Å². The number of nitrogens with one attached hydrogen (secondary N) is 1. The molecule has 1 aromatic carbocycles. The normalized spacial score (nSPS) is 14.8. The third-order valence-corrected chi connectivity index (χ3v) is 3.74. The average molecular weight is 276 g/mol. The van der Waals surface area contributed by atoms with E-state index in [1.165, 1.54) is 18.4 Å². The van der Waals surface area contributed by atoms with Gasteiger partial charge in [-0.2, -0.15) is 5.10 Å². The molecule has 1 N–H and O–H groups in total. The van der Waals surface area contributed by atoms with Crippen molar-refractivity contribution in [3.63, 3.8) is 0 Å². The minimum Gasteiger partial charge on any atom is -0.308 e. The van der Waals surface area contributed by atoms with Crippen LogP contribution in [-0.2, 0) is 13.1 Å². The molecule has 0 atom stereocenters. The summed E-state index contributed by atoms with van der Waals surface area (Å²) in [5.41, 5.74) is 3.38. The van der Waals surface area contributed by atoms with Gasteiger partial charge in [-0.3, -0.25) is 4.68 Å². The van der Waals surface area contributed by atoms with Crippen molar-refractivity contribution < 1.29 is 0 Å². The van der Waals surface area contributed by atoms with Crippen LogP contribution in [0.1, 0.15) is 29.7 Å². The molecule has 0 radical (unpaired) electrons. The largest absolute Gasteiger partial charge is 0.308 e. The van der Waals surface area contributed by atoms with Crippen LogP contribution in [0.25, 0.3) is 0 Å². The second-order valence-electron chi connectivity index (χ2n) is 5.25. The zero-order valence-corrected chi connectivity index (χ0v) is 11.8. The Kier molecular flexibility index (Phi) is 3.58. The molecule has 0 spiro atoms. The van der Waals surface area contributed by atoms with E-state index in [4.69, 9.17) is 11.6 Å². The lowest BCUT2D eigenvalue weighted by Gasteiger charge is -2.05. The van der Waals surface area contributed by atoms with Gasteiger partial charge in [0.1, 0.15) is 0 Å². The minimum absolute atomic E-state index is 0.719. The van der Waals surface area contributed by atoms with Crippen LogP contribution in [-0.4, -0.2) is 15.8 Å². The Balaban J connectivity index is 1.65. The first-order chi connectivity index (χ1) is 9.20. The number of nitrogens with zero attached hydrogens (tertiary/aromatic N) is 2. The second kappa shape index (κ2) is 5.35. The van der Waals surface area contributed by atoms with E-state index in [0.717, 1.165) is 35.4 Å². The third kappa shape index (κ3) is 3.37. The number of halogens is 1. The Morgan fingerprint density at radius 2 is 2.21 bits per heavy atom. The van der Waals surface area contributed by atoms with Crippen LogP contribution in [0.2, 0.25) is 5.02 Å². The highest BCUT2D eigenvalue weighted by atomic mass is 35.5. The van der Waals surface area contributed by atoms with Crippen molar-refractivity contribution in [2.75, 3.05) is 0 Å². The van der Waals surface area contributed by atoms with E-state index < -0.39 is 0 Å². The Bertz CT molecular complexity index is 573. The van der Waals surface area contributed by atoms with Crippen molar-refractivity contribution in [1.82, 2.24) is 15.1 Å². The van der Waals surface area contributed by atoms with Gasteiger partial charge >= 0.3 is 0 Å². The minimum atomic E-state index is 0.719. The molecule has 0 aliphatic heterocycles. The van der Waals surface area contributed by atoms with Gasteiger partial charge in [-0.05, 0) is 43.0 Å². The summed E-state index contributed by atoms with van der Waals surface area (Å²) in [5.74, 6) is 0. The summed E-state index contributed by atoms with van der Waals surface area (Å²) in [6.45, 7) is 3.63. The fourth-order valence-corrected chi connectivity index (χ4v) is 2.37. The number of aryl methyl sites for hydroxylation is 1. The zero-order chi connectivity index (χ0) is 13.2. The molecule has 1 heterocycles. The third-order valence-electron chi connectivity index (χ3n) is 3.39. The van der Waals surface area contributed by atoms with Crippen molar-refractivity contribution in [2.24, 2.45) is 0 Å². The topological polar surface area (TPSA) is 29.9 Å². The first-order valence-electron chi connectivity index (χ1n) is 6.71. The molecule has 1 saturated carbocycles. The van der Waals surface area contributed by atoms with Gasteiger partial charge in [0.25, 0.3) is 0 Å². The predicted octanol–water partition coefficient (Wildman–Crippen LogP) is 3.15. The Morgan fingerprint density at radius 3 is 2.95 bits per heavy atom. The molecule has 3 nitrogen and oxygen atoms in total. The first-order valence-corrected chi connectivity index (χ1v) is 7.09. The van der Waals surface area contributed by atoms with Crippen LogP contribution in [0.15, 0.2) is 30.5 Å². The molecule has 1 aromatic heterocycles. The van der Waals surface area contributed by atoms with Crippen LogP contribution in [0, 0.1) is 6.92 Å². The van der Waals surface area contributed by atoms with E-state index >= 15 is 0 Å². The maximum atomic E-state index is 6.24. The average Bonchev–Trinajstić information content (AvgIpc) is 3.10. The summed E-state index contributed by atoms with van der Waals surface area (Å²) in [6, 6.07) is 8.94. The van der Waals surface area contributed by atoms with E-state index in [1.54, 1.807) is 0 Å². The summed E-state index contributed by atoms with van der Waals surface area (Å²) < 4.78 is 1.94. The smallest absolute Gasteiger partial charge is 0.0762 e. The fraction of sp³-hybridized carbons (Fsp3) is 0.400. The SMILES string of the molecule is Cc1ccc(Cn2ccc(CNC3CC3)n2)c(Cl)c1. The molecule has 3 rings (SSSR count). The summed E-state index contributed by atoms with van der Waals surface area (Å²) >= 11 is 6.24. The number of rotatable bonds is 5. The van der Waals surface area contributed by atoms with E-state index in [0.29, 0.717) is 0 Å². The standard InChI is InChI=1S/C15H18ClN3/c1-11-2-3-12(15(16)8-11)10-19-7-6-14(18-19)9-17-13-4-5-13/h2-3,6-8,13,17H,4-5,9-10H2,1H3. The van der Waals surface area contributed by atoms with Gasteiger partial charge in [0.15, 0.2) is 0 Å². The summed E-state index contributed by atoms with van der Waals surface area (Å²) in [7, 11) is 0. The van der Waals surface area contributed by atoms with Gasteiger partial charge in [-0.15, -0.1) is 0 Å². The molecule has 0 bridgehead atoms. The van der Waals surface area contributed by atoms with Gasteiger partial charge in [-0.25, -0.2) is 0 Å². The Hall–Kier alpha value is -1.32. The molecule has 0 saturated heterocycles. The number of aromatic nitrogens is 2. The maximum absolute atomic E-state index is 6.24. The van der Waals surface area contributed by atoms with Crippen LogP contribution < -0.4 is 5.32 Å². The lowest BCUT2D eigenvalue weighted by Crippen LogP contribution is -2.16. The van der Waals surface area contributed by atoms with Crippen molar-refractivity contribution in [3.05, 3.63) is 52.3 Å². The molecule has 4 heteroatoms. The monoisotopic (exact) mass is 275 g/mol. The number of benzene rings is 1. The van der Waals surface area contributed by atoms with Gasteiger partial charge in [0.2, 0.25) is 0 Å². The molecule has 1 fully saturated rings. The molecule has 1 aliphatic rings. The first kappa shape index (κ1) is 12.7. The van der Waals surface area contributed by atoms with E-state index in [1.807, 2.05) is 23.9 Å². The van der Waals surface area contributed by atoms with Crippen molar-refractivity contribution in [2.45, 2.75) is 38.9 Å². The summed E-state index contributed by atoms with van der Waals surface area (Å²) in [6.07, 6.45) is 4.62. The van der Waals surface area contributed by atoms with Crippen molar-refractivity contribution in [3.8, 4) is 0 Å². The molecule has 100 valence electrons. The van der Waals surface area contributed by atoms with E-state index in [9.17, 15) is 0 Å². The summed E-state index contributed by atoms with van der Waals surface area (Å²) in [5, 5.41) is 8.84. The highest BCUT2D eigenvalue weighted by Gasteiger charge is 2.20. The molecule has 19 heavy (non-hydrogen) atoms. The van der Waals surface area contributed by atoms with E-state index in [2.05, 4.69) is 28.6 Å². The van der Waals surface area contributed by atoms with Gasteiger partial charge < -0.3 is 5.32 Å². The Morgan fingerprint density at radius 1 is 1.37 bits per heavy atom. The predicted molar refractivity (Wildman–Crippen MR) is 77.4 cm³/mol. The van der Waals surface area contributed by atoms with Crippen LogP contribution in [0.5, 0.6) is 0 Å². The molecule has 0 amide bonds. The van der Waals surface area contributed by atoms with Crippen LogP contribution in [0.3, 0.4) is 0 Å². The zero-order valence-electron chi connectivity index (χ0n) is 11.1. The Labute approximate surface area is 118 Å². The molecular weight excluding hydrogens is 258 g/mol. The van der Waals surface area contributed by atoms with Gasteiger partial charge in [-0.1, -0.05) is 23.7 Å². The molecular formula is C15H18ClN3. The van der Waals surface area contributed by atoms with Crippen molar-refractivity contribution in [1.29, 1.82) is 0 Å². The van der Waals surface area contributed by atoms with Crippen LogP contribution >= 0.6 is 11.6 Å². The maximum Gasteiger partial charge on any atom is 0.0762 e. The lowest BCUT2D eigenvalue weighted by atomic mass is 10.1. The highest BCUT2D eigenvalue weighted by Crippen LogP contribution is 2.20. The summed E-state index contributed by atoms with van der Waals surface area (Å²) in [4.78, 5) is 0. The molecule has 0 unspecified atom stereocenters. The number of hydrogen-bond acceptors (Lipinski definition) is 2. The van der Waals surface area contributed by atoms with Gasteiger partial charge in [0, 0.05) is 23.8 Å². The van der Waals surface area contributed by atoms with Crippen LogP contribution in [0.4, 0.5) is 0 Å². The second-order valence-corrected chi connectivity index (χ2v) is 5.66. The van der Waals surface area contributed by atoms with Crippen molar-refractivity contribution >= 4 is 11.6 Å². The molecule has 1 aliphatic carbocycles. The highest BCUT2D eigenvalue weighted by molar-refractivity contribution is 6.31. The fourth-order valence-electron chi connectivity index (χ4n) is 2.08. The van der Waals surface area contributed by atoms with Gasteiger partial charge in [0.05, 0.1) is 12.2 Å². The number of hydrogen-bond donors (Lipinski definition) is 1. The lowest BCUT2D eigenvalue weighted by molar-refractivity contribution is 0.631.